The van der Waals surface area contributed by atoms with E-state index in [1.165, 1.54) is 10.6 Å². The van der Waals surface area contributed by atoms with E-state index in [1.54, 1.807) is 17.7 Å². The van der Waals surface area contributed by atoms with E-state index >= 15 is 0 Å². The van der Waals surface area contributed by atoms with Gasteiger partial charge in [0.2, 0.25) is 0 Å². The topological polar surface area (TPSA) is 108 Å². The molecule has 0 unspecified atom stereocenters. The number of H-pyrrole nitrogens is 1. The maximum atomic E-state index is 12.3. The summed E-state index contributed by atoms with van der Waals surface area (Å²) in [6.07, 6.45) is 4.63. The first-order valence-corrected chi connectivity index (χ1v) is 11.8. The van der Waals surface area contributed by atoms with Crippen molar-refractivity contribution in [2.24, 2.45) is 7.05 Å². The van der Waals surface area contributed by atoms with Gasteiger partial charge in [0.15, 0.2) is 11.2 Å². The molecule has 0 spiro atoms. The molecule has 0 aliphatic heterocycles. The Morgan fingerprint density at radius 3 is 2.53 bits per heavy atom. The van der Waals surface area contributed by atoms with Gasteiger partial charge in [0, 0.05) is 19.7 Å². The molecule has 9 heteroatoms. The van der Waals surface area contributed by atoms with Gasteiger partial charge in [-0.2, -0.15) is 0 Å². The van der Waals surface area contributed by atoms with Crippen molar-refractivity contribution in [3.8, 4) is 5.75 Å². The van der Waals surface area contributed by atoms with Crippen LogP contribution in [0, 0.1) is 0 Å². The van der Waals surface area contributed by atoms with E-state index in [-0.39, 0.29) is 17.8 Å². The lowest BCUT2D eigenvalue weighted by molar-refractivity contribution is -0.139. The first-order valence-electron chi connectivity index (χ1n) is 11.8. The van der Waals surface area contributed by atoms with Crippen molar-refractivity contribution >= 4 is 23.2 Å². The summed E-state index contributed by atoms with van der Waals surface area (Å²) in [5.41, 5.74) is 1.43. The van der Waals surface area contributed by atoms with Gasteiger partial charge >= 0.3 is 11.7 Å². The Kier molecular flexibility index (Phi) is 7.79. The zero-order valence-corrected chi connectivity index (χ0v) is 20.3. The van der Waals surface area contributed by atoms with Crippen molar-refractivity contribution in [1.82, 2.24) is 19.1 Å². The summed E-state index contributed by atoms with van der Waals surface area (Å²) in [6, 6.07) is 17.3. The molecule has 1 N–H and O–H groups in total. The lowest BCUT2D eigenvalue weighted by atomic mass is 10.2. The van der Waals surface area contributed by atoms with Gasteiger partial charge in [-0.05, 0) is 35.8 Å². The lowest BCUT2D eigenvalue weighted by Crippen LogP contribution is -2.31. The smallest absolute Gasteiger partial charge is 0.331 e. The van der Waals surface area contributed by atoms with Crippen molar-refractivity contribution < 1.29 is 14.3 Å². The average Bonchev–Trinajstić information content (AvgIpc) is 3.22. The van der Waals surface area contributed by atoms with Crippen molar-refractivity contribution in [2.75, 3.05) is 0 Å². The molecule has 0 saturated carbocycles. The highest BCUT2D eigenvalue weighted by Gasteiger charge is 2.17. The van der Waals surface area contributed by atoms with Gasteiger partial charge in [0.1, 0.15) is 24.8 Å². The summed E-state index contributed by atoms with van der Waals surface area (Å²) in [4.78, 5) is 43.6. The molecule has 36 heavy (non-hydrogen) atoms. The molecule has 0 amide bonds. The van der Waals surface area contributed by atoms with E-state index < -0.39 is 17.2 Å². The molecule has 4 aromatic rings. The number of unbranched alkanes of at least 4 members (excludes halogenated alkanes) is 1. The highest BCUT2D eigenvalue weighted by Crippen LogP contribution is 2.16. The molecule has 0 saturated heterocycles. The Hall–Kier alpha value is -4.40. The van der Waals surface area contributed by atoms with Crippen LogP contribution < -0.4 is 16.0 Å². The molecule has 2 aromatic carbocycles. The van der Waals surface area contributed by atoms with Crippen LogP contribution in [0.1, 0.15) is 36.7 Å². The molecule has 2 heterocycles. The zero-order valence-electron chi connectivity index (χ0n) is 20.3. The number of benzene rings is 2. The maximum absolute atomic E-state index is 12.3. The molecule has 0 atom stereocenters. The third kappa shape index (κ3) is 5.80. The summed E-state index contributed by atoms with van der Waals surface area (Å²) in [5, 5.41) is 0. The number of carbonyl (C=O) groups is 1. The SMILES string of the molecule is CCCCn1c(=O)[nH]c(=O)c2c1nc(COC(=O)/C=C/c1ccc(OCc3ccccc3)cc1)n2C. The second-order valence-corrected chi connectivity index (χ2v) is 8.31. The number of esters is 1. The monoisotopic (exact) mass is 488 g/mol. The van der Waals surface area contributed by atoms with Gasteiger partial charge in [-0.25, -0.2) is 14.6 Å². The quantitative estimate of drug-likeness (QED) is 0.270. The Morgan fingerprint density at radius 2 is 1.81 bits per heavy atom. The molecule has 0 aliphatic rings. The van der Waals surface area contributed by atoms with Crippen molar-refractivity contribution in [3.63, 3.8) is 0 Å². The van der Waals surface area contributed by atoms with Crippen LogP contribution in [0.15, 0.2) is 70.3 Å². The number of aromatic nitrogens is 4. The second kappa shape index (κ2) is 11.4. The predicted molar refractivity (Wildman–Crippen MR) is 137 cm³/mol. The fraction of sp³-hybridized carbons (Fsp3) is 0.259. The van der Waals surface area contributed by atoms with Crippen LogP contribution in [-0.2, 0) is 36.3 Å². The molecule has 186 valence electrons. The van der Waals surface area contributed by atoms with Crippen molar-refractivity contribution in [2.45, 2.75) is 39.5 Å². The zero-order chi connectivity index (χ0) is 25.5. The standard InChI is InChI=1S/C27H28N4O5/c1-3-4-16-31-25-24(26(33)29-27(31)34)30(2)22(28-25)18-36-23(32)15-12-19-10-13-21(14-11-19)35-17-20-8-6-5-7-9-20/h5-15H,3-4,16-18H2,1-2H3,(H,29,33,34)/b15-12+. The first kappa shape index (κ1) is 24.7. The fourth-order valence-electron chi connectivity index (χ4n) is 3.71. The van der Waals surface area contributed by atoms with E-state index in [9.17, 15) is 14.4 Å². The third-order valence-electron chi connectivity index (χ3n) is 5.72. The number of ether oxygens (including phenoxy) is 2. The Labute approximate surface area is 207 Å². The Bertz CT molecular complexity index is 1480. The van der Waals surface area contributed by atoms with Crippen molar-refractivity contribution in [1.29, 1.82) is 0 Å². The number of rotatable bonds is 10. The van der Waals surface area contributed by atoms with Crippen LogP contribution >= 0.6 is 0 Å². The van der Waals surface area contributed by atoms with Crippen LogP contribution in [0.25, 0.3) is 17.2 Å². The molecular weight excluding hydrogens is 460 g/mol. The van der Waals surface area contributed by atoms with Gasteiger partial charge in [0.05, 0.1) is 0 Å². The number of aromatic amines is 1. The predicted octanol–water partition coefficient (Wildman–Crippen LogP) is 3.56. The van der Waals surface area contributed by atoms with Gasteiger partial charge in [-0.1, -0.05) is 55.8 Å². The number of nitrogens with one attached hydrogen (secondary N) is 1. The highest BCUT2D eigenvalue weighted by atomic mass is 16.5. The third-order valence-corrected chi connectivity index (χ3v) is 5.72. The number of hydrogen-bond donors (Lipinski definition) is 1. The molecule has 0 fully saturated rings. The van der Waals surface area contributed by atoms with Crippen LogP contribution in [0.3, 0.4) is 0 Å². The molecular formula is C27H28N4O5. The van der Waals surface area contributed by atoms with Crippen LogP contribution in [0.5, 0.6) is 5.75 Å². The maximum Gasteiger partial charge on any atom is 0.331 e. The van der Waals surface area contributed by atoms with E-state index in [2.05, 4.69) is 9.97 Å². The number of carbonyl (C=O) groups excluding carboxylic acids is 1. The Morgan fingerprint density at radius 1 is 1.06 bits per heavy atom. The lowest BCUT2D eigenvalue weighted by Gasteiger charge is -2.06. The van der Waals surface area contributed by atoms with E-state index in [4.69, 9.17) is 9.47 Å². The minimum atomic E-state index is -0.552. The minimum Gasteiger partial charge on any atom is -0.489 e. The number of nitrogens with zero attached hydrogens (tertiary/aromatic N) is 3. The number of imidazole rings is 1. The van der Waals surface area contributed by atoms with Crippen molar-refractivity contribution in [3.05, 3.63) is 98.5 Å². The summed E-state index contributed by atoms with van der Waals surface area (Å²) in [5.74, 6) is 0.546. The fourth-order valence-corrected chi connectivity index (χ4v) is 3.71. The van der Waals surface area contributed by atoms with Crippen LogP contribution in [-0.4, -0.2) is 25.1 Å². The molecule has 0 bridgehead atoms. The van der Waals surface area contributed by atoms with E-state index in [0.717, 1.165) is 29.7 Å². The minimum absolute atomic E-state index is 0.137. The van der Waals surface area contributed by atoms with Gasteiger partial charge in [-0.15, -0.1) is 0 Å². The molecule has 4 rings (SSSR count). The van der Waals surface area contributed by atoms with Gasteiger partial charge in [0.25, 0.3) is 5.56 Å². The summed E-state index contributed by atoms with van der Waals surface area (Å²) in [6.45, 7) is 2.80. The van der Waals surface area contributed by atoms with Crippen LogP contribution in [0.2, 0.25) is 0 Å². The normalized spacial score (nSPS) is 11.3. The van der Waals surface area contributed by atoms with Crippen LogP contribution in [0.4, 0.5) is 0 Å². The number of hydrogen-bond acceptors (Lipinski definition) is 6. The average molecular weight is 489 g/mol. The molecule has 9 nitrogen and oxygen atoms in total. The van der Waals surface area contributed by atoms with Gasteiger partial charge < -0.3 is 14.0 Å². The van der Waals surface area contributed by atoms with Gasteiger partial charge in [-0.3, -0.25) is 14.3 Å². The molecule has 0 aliphatic carbocycles. The summed E-state index contributed by atoms with van der Waals surface area (Å²) < 4.78 is 14.1. The highest BCUT2D eigenvalue weighted by molar-refractivity contribution is 5.87. The first-order chi connectivity index (χ1) is 17.5. The second-order valence-electron chi connectivity index (χ2n) is 8.31. The number of aryl methyl sites for hydroxylation is 2. The summed E-state index contributed by atoms with van der Waals surface area (Å²) >= 11 is 0. The molecule has 0 radical (unpaired) electrons. The summed E-state index contributed by atoms with van der Waals surface area (Å²) in [7, 11) is 1.65. The van der Waals surface area contributed by atoms with E-state index in [0.29, 0.717) is 19.0 Å². The van der Waals surface area contributed by atoms with E-state index in [1.807, 2.05) is 61.5 Å². The Balaban J connectivity index is 1.37. The molecule has 2 aromatic heterocycles. The largest absolute Gasteiger partial charge is 0.489 e. The number of fused-ring (bicyclic) bond motifs is 1.